The van der Waals surface area contributed by atoms with Crippen LogP contribution in [0.1, 0.15) is 31.2 Å². The van der Waals surface area contributed by atoms with Gasteiger partial charge in [-0.1, -0.05) is 0 Å². The summed E-state index contributed by atoms with van der Waals surface area (Å²) < 4.78 is 5.29. The van der Waals surface area contributed by atoms with Gasteiger partial charge in [0.25, 0.3) is 0 Å². The Labute approximate surface area is 109 Å². The molecule has 0 aromatic heterocycles. The lowest BCUT2D eigenvalue weighted by Crippen LogP contribution is -2.27. The first-order valence-electron chi connectivity index (χ1n) is 6.92. The zero-order valence-corrected chi connectivity index (χ0v) is 11.1. The zero-order valence-electron chi connectivity index (χ0n) is 11.1. The lowest BCUT2D eigenvalue weighted by Gasteiger charge is -2.22. The molecule has 2 aliphatic carbocycles. The molecule has 1 aromatic carbocycles. The first kappa shape index (κ1) is 11.8. The Bertz CT molecular complexity index is 425. The average molecular weight is 246 g/mol. The van der Waals surface area contributed by atoms with Crippen LogP contribution in [-0.4, -0.2) is 24.6 Å². The standard InChI is InChI=1S/C15H22N2O/c1-18-15-7-12(6-13(16)8-15)10-17(14-4-5-14)9-11-2-3-11/h6-8,11,14H,2-5,9-10,16H2,1H3. The van der Waals surface area contributed by atoms with E-state index in [1.807, 2.05) is 6.07 Å². The van der Waals surface area contributed by atoms with E-state index in [1.54, 1.807) is 7.11 Å². The van der Waals surface area contributed by atoms with Gasteiger partial charge in [-0.25, -0.2) is 0 Å². The van der Waals surface area contributed by atoms with Gasteiger partial charge in [-0.15, -0.1) is 0 Å². The monoisotopic (exact) mass is 246 g/mol. The third kappa shape index (κ3) is 2.96. The highest BCUT2D eigenvalue weighted by Crippen LogP contribution is 2.36. The molecular weight excluding hydrogens is 224 g/mol. The van der Waals surface area contributed by atoms with E-state index < -0.39 is 0 Å². The van der Waals surface area contributed by atoms with Crippen LogP contribution in [-0.2, 0) is 6.54 Å². The van der Waals surface area contributed by atoms with Crippen molar-refractivity contribution in [2.75, 3.05) is 19.4 Å². The minimum atomic E-state index is 0.798. The Balaban J connectivity index is 1.70. The van der Waals surface area contributed by atoms with Gasteiger partial charge in [-0.05, 0) is 49.3 Å². The molecule has 0 radical (unpaired) electrons. The molecule has 0 amide bonds. The van der Waals surface area contributed by atoms with Crippen molar-refractivity contribution in [1.29, 1.82) is 0 Å². The molecule has 3 heteroatoms. The van der Waals surface area contributed by atoms with Crippen LogP contribution in [0.25, 0.3) is 0 Å². The van der Waals surface area contributed by atoms with Gasteiger partial charge in [0.2, 0.25) is 0 Å². The van der Waals surface area contributed by atoms with Crippen molar-refractivity contribution in [3.8, 4) is 5.75 Å². The number of methoxy groups -OCH3 is 1. The molecule has 2 saturated carbocycles. The van der Waals surface area contributed by atoms with Gasteiger partial charge >= 0.3 is 0 Å². The summed E-state index contributed by atoms with van der Waals surface area (Å²) in [7, 11) is 1.70. The second kappa shape index (κ2) is 4.81. The van der Waals surface area contributed by atoms with Crippen LogP contribution in [0.4, 0.5) is 5.69 Å². The molecule has 0 aliphatic heterocycles. The molecule has 0 spiro atoms. The molecule has 2 aliphatic rings. The van der Waals surface area contributed by atoms with Gasteiger partial charge in [-0.3, -0.25) is 4.90 Å². The highest BCUT2D eigenvalue weighted by Gasteiger charge is 2.33. The van der Waals surface area contributed by atoms with Crippen molar-refractivity contribution < 1.29 is 4.74 Å². The fraction of sp³-hybridized carbons (Fsp3) is 0.600. The van der Waals surface area contributed by atoms with Gasteiger partial charge in [0.15, 0.2) is 0 Å². The summed E-state index contributed by atoms with van der Waals surface area (Å²) in [6.07, 6.45) is 5.57. The largest absolute Gasteiger partial charge is 0.497 e. The van der Waals surface area contributed by atoms with E-state index >= 15 is 0 Å². The lowest BCUT2D eigenvalue weighted by molar-refractivity contribution is 0.244. The molecule has 18 heavy (non-hydrogen) atoms. The Morgan fingerprint density at radius 3 is 2.61 bits per heavy atom. The highest BCUT2D eigenvalue weighted by atomic mass is 16.5. The van der Waals surface area contributed by atoms with Crippen LogP contribution >= 0.6 is 0 Å². The molecule has 0 heterocycles. The van der Waals surface area contributed by atoms with Crippen molar-refractivity contribution in [3.63, 3.8) is 0 Å². The van der Waals surface area contributed by atoms with E-state index in [9.17, 15) is 0 Å². The maximum absolute atomic E-state index is 5.92. The Morgan fingerprint density at radius 1 is 1.22 bits per heavy atom. The van der Waals surface area contributed by atoms with Gasteiger partial charge in [0, 0.05) is 30.9 Å². The SMILES string of the molecule is COc1cc(N)cc(CN(CC2CC2)C2CC2)c1. The van der Waals surface area contributed by atoms with E-state index in [-0.39, 0.29) is 0 Å². The number of hydrogen-bond acceptors (Lipinski definition) is 3. The average Bonchev–Trinajstić information content (AvgIpc) is 3.20. The maximum atomic E-state index is 5.92. The van der Waals surface area contributed by atoms with Crippen molar-refractivity contribution in [1.82, 2.24) is 4.90 Å². The topological polar surface area (TPSA) is 38.5 Å². The van der Waals surface area contributed by atoms with Crippen molar-refractivity contribution >= 4 is 5.69 Å². The number of nitrogens with zero attached hydrogens (tertiary/aromatic N) is 1. The second-order valence-electron chi connectivity index (χ2n) is 5.72. The Morgan fingerprint density at radius 2 is 2.00 bits per heavy atom. The van der Waals surface area contributed by atoms with Crippen LogP contribution in [0.15, 0.2) is 18.2 Å². The molecule has 3 nitrogen and oxygen atoms in total. The predicted molar refractivity (Wildman–Crippen MR) is 73.6 cm³/mol. The number of nitrogen functional groups attached to an aromatic ring is 1. The number of rotatable bonds is 6. The minimum absolute atomic E-state index is 0.798. The molecule has 2 N–H and O–H groups in total. The van der Waals surface area contributed by atoms with Crippen molar-refractivity contribution in [2.45, 2.75) is 38.3 Å². The minimum Gasteiger partial charge on any atom is -0.497 e. The summed E-state index contributed by atoms with van der Waals surface area (Å²) in [4.78, 5) is 2.63. The van der Waals surface area contributed by atoms with Crippen molar-refractivity contribution in [3.05, 3.63) is 23.8 Å². The molecule has 1 aromatic rings. The predicted octanol–water partition coefficient (Wildman–Crippen LogP) is 2.65. The Hall–Kier alpha value is -1.22. The van der Waals surface area contributed by atoms with Gasteiger partial charge < -0.3 is 10.5 Å². The first-order valence-corrected chi connectivity index (χ1v) is 6.92. The first-order chi connectivity index (χ1) is 8.74. The second-order valence-corrected chi connectivity index (χ2v) is 5.72. The van der Waals surface area contributed by atoms with Gasteiger partial charge in [0.1, 0.15) is 5.75 Å². The quantitative estimate of drug-likeness (QED) is 0.784. The smallest absolute Gasteiger partial charge is 0.121 e. The molecule has 98 valence electrons. The van der Waals surface area contributed by atoms with Crippen LogP contribution < -0.4 is 10.5 Å². The molecular formula is C15H22N2O. The summed E-state index contributed by atoms with van der Waals surface area (Å²) in [6, 6.07) is 6.88. The highest BCUT2D eigenvalue weighted by molar-refractivity contribution is 5.47. The Kier molecular flexibility index (Phi) is 3.16. The lowest BCUT2D eigenvalue weighted by atomic mass is 10.1. The molecule has 0 bridgehead atoms. The molecule has 0 unspecified atom stereocenters. The summed E-state index contributed by atoms with van der Waals surface area (Å²) in [5, 5.41) is 0. The fourth-order valence-electron chi connectivity index (χ4n) is 2.54. The normalized spacial score (nSPS) is 19.2. The summed E-state index contributed by atoms with van der Waals surface area (Å²) in [6.45, 7) is 2.28. The maximum Gasteiger partial charge on any atom is 0.121 e. The molecule has 0 saturated heterocycles. The number of hydrogen-bond donors (Lipinski definition) is 1. The summed E-state index contributed by atoms with van der Waals surface area (Å²) in [5.74, 6) is 1.82. The third-order valence-corrected chi connectivity index (χ3v) is 3.86. The van der Waals surface area contributed by atoms with E-state index in [4.69, 9.17) is 10.5 Å². The van der Waals surface area contributed by atoms with E-state index in [1.165, 1.54) is 37.8 Å². The van der Waals surface area contributed by atoms with E-state index in [0.29, 0.717) is 0 Å². The van der Waals surface area contributed by atoms with Crippen LogP contribution in [0, 0.1) is 5.92 Å². The number of ether oxygens (including phenoxy) is 1. The molecule has 0 atom stereocenters. The zero-order chi connectivity index (χ0) is 12.5. The van der Waals surface area contributed by atoms with Crippen LogP contribution in [0.5, 0.6) is 5.75 Å². The fourth-order valence-corrected chi connectivity index (χ4v) is 2.54. The van der Waals surface area contributed by atoms with Gasteiger partial charge in [-0.2, -0.15) is 0 Å². The van der Waals surface area contributed by atoms with Crippen LogP contribution in [0.3, 0.4) is 0 Å². The molecule has 2 fully saturated rings. The van der Waals surface area contributed by atoms with Crippen LogP contribution in [0.2, 0.25) is 0 Å². The summed E-state index contributed by atoms with van der Waals surface area (Å²) in [5.41, 5.74) is 7.99. The molecule has 3 rings (SSSR count). The van der Waals surface area contributed by atoms with E-state index in [2.05, 4.69) is 17.0 Å². The third-order valence-electron chi connectivity index (χ3n) is 3.86. The number of nitrogens with two attached hydrogens (primary N) is 1. The van der Waals surface area contributed by atoms with Gasteiger partial charge in [0.05, 0.1) is 7.11 Å². The van der Waals surface area contributed by atoms with Crippen molar-refractivity contribution in [2.24, 2.45) is 5.92 Å². The number of anilines is 1. The summed E-state index contributed by atoms with van der Waals surface area (Å²) >= 11 is 0. The van der Waals surface area contributed by atoms with E-state index in [0.717, 1.165) is 29.9 Å². The number of benzene rings is 1.